The van der Waals surface area contributed by atoms with E-state index in [9.17, 15) is 18.4 Å². The van der Waals surface area contributed by atoms with Crippen LogP contribution >= 0.6 is 11.8 Å². The highest BCUT2D eigenvalue weighted by Gasteiger charge is 2.20. The van der Waals surface area contributed by atoms with Crippen LogP contribution in [0.1, 0.15) is 27.6 Å². The van der Waals surface area contributed by atoms with Gasteiger partial charge in [0.15, 0.2) is 6.10 Å². The zero-order valence-electron chi connectivity index (χ0n) is 12.2. The topological polar surface area (TPSA) is 43.4 Å². The Morgan fingerprint density at radius 2 is 1.57 bits per heavy atom. The second-order valence-corrected chi connectivity index (χ2v) is 5.74. The largest absolute Gasteiger partial charge is 0.451 e. The lowest BCUT2D eigenvalue weighted by Gasteiger charge is -2.12. The molecule has 3 nitrogen and oxygen atoms in total. The van der Waals surface area contributed by atoms with Gasteiger partial charge in [-0.2, -0.15) is 8.78 Å². The maximum absolute atomic E-state index is 12.2. The van der Waals surface area contributed by atoms with Crippen LogP contribution in [0, 0.1) is 0 Å². The van der Waals surface area contributed by atoms with E-state index in [2.05, 4.69) is 0 Å². The molecule has 120 valence electrons. The third kappa shape index (κ3) is 4.89. The number of ether oxygens (including phenoxy) is 1. The van der Waals surface area contributed by atoms with Crippen molar-refractivity contribution >= 4 is 23.5 Å². The number of benzene rings is 2. The van der Waals surface area contributed by atoms with Crippen LogP contribution < -0.4 is 0 Å². The van der Waals surface area contributed by atoms with Crippen molar-refractivity contribution in [1.29, 1.82) is 0 Å². The van der Waals surface area contributed by atoms with Gasteiger partial charge in [0.1, 0.15) is 0 Å². The van der Waals surface area contributed by atoms with Crippen LogP contribution in [0.15, 0.2) is 59.5 Å². The van der Waals surface area contributed by atoms with Gasteiger partial charge in [-0.15, -0.1) is 0 Å². The Kier molecular flexibility index (Phi) is 5.87. The molecule has 0 aliphatic heterocycles. The predicted molar refractivity (Wildman–Crippen MR) is 84.0 cm³/mol. The summed E-state index contributed by atoms with van der Waals surface area (Å²) in [6, 6.07) is 14.1. The van der Waals surface area contributed by atoms with Gasteiger partial charge in [-0.3, -0.25) is 4.79 Å². The summed E-state index contributed by atoms with van der Waals surface area (Å²) in [6.07, 6.45) is -0.931. The number of hydrogen-bond acceptors (Lipinski definition) is 4. The van der Waals surface area contributed by atoms with Gasteiger partial charge in [-0.1, -0.05) is 42.1 Å². The molecule has 2 aromatic rings. The van der Waals surface area contributed by atoms with E-state index in [4.69, 9.17) is 4.74 Å². The van der Waals surface area contributed by atoms with Gasteiger partial charge in [0.05, 0.1) is 5.56 Å². The summed E-state index contributed by atoms with van der Waals surface area (Å²) >= 11 is 0.395. The summed E-state index contributed by atoms with van der Waals surface area (Å²) in [6.45, 7) is 1.49. The van der Waals surface area contributed by atoms with Crippen molar-refractivity contribution < 1.29 is 23.1 Å². The molecule has 6 heteroatoms. The molecule has 0 aliphatic carbocycles. The summed E-state index contributed by atoms with van der Waals surface area (Å²) in [5.41, 5.74) is 0.660. The Bertz CT molecular complexity index is 672. The van der Waals surface area contributed by atoms with Gasteiger partial charge in [-0.05, 0) is 31.2 Å². The number of halogens is 2. The molecule has 0 aromatic heterocycles. The quantitative estimate of drug-likeness (QED) is 0.445. The van der Waals surface area contributed by atoms with Crippen LogP contribution in [-0.4, -0.2) is 23.6 Å². The molecule has 1 atom stereocenters. The van der Waals surface area contributed by atoms with E-state index in [1.807, 2.05) is 0 Å². The highest BCUT2D eigenvalue weighted by molar-refractivity contribution is 7.99. The Balaban J connectivity index is 1.99. The molecule has 0 amide bonds. The lowest BCUT2D eigenvalue weighted by atomic mass is 10.1. The summed E-state index contributed by atoms with van der Waals surface area (Å²) in [5.74, 6) is -3.49. The lowest BCUT2D eigenvalue weighted by molar-refractivity contribution is 0.0319. The van der Waals surface area contributed by atoms with Crippen LogP contribution in [0.4, 0.5) is 8.78 Å². The fourth-order valence-electron chi connectivity index (χ4n) is 1.89. The monoisotopic (exact) mass is 336 g/mol. The van der Waals surface area contributed by atoms with Crippen molar-refractivity contribution in [3.8, 4) is 0 Å². The molecule has 0 saturated heterocycles. The van der Waals surface area contributed by atoms with E-state index in [0.29, 0.717) is 22.2 Å². The van der Waals surface area contributed by atoms with Crippen molar-refractivity contribution in [1.82, 2.24) is 0 Å². The number of carbonyl (C=O) groups excluding carboxylic acids is 2. The molecule has 0 radical (unpaired) electrons. The maximum atomic E-state index is 12.2. The van der Waals surface area contributed by atoms with E-state index < -0.39 is 17.8 Å². The molecule has 0 saturated carbocycles. The highest BCUT2D eigenvalue weighted by Crippen LogP contribution is 2.25. The summed E-state index contributed by atoms with van der Waals surface area (Å²) in [4.78, 5) is 24.5. The number of esters is 1. The third-order valence-electron chi connectivity index (χ3n) is 3.03. The van der Waals surface area contributed by atoms with Crippen LogP contribution in [0.2, 0.25) is 0 Å². The Labute approximate surface area is 136 Å². The minimum Gasteiger partial charge on any atom is -0.451 e. The summed E-state index contributed by atoms with van der Waals surface area (Å²) in [7, 11) is 0. The maximum Gasteiger partial charge on any atom is 0.338 e. The van der Waals surface area contributed by atoms with Crippen molar-refractivity contribution in [2.45, 2.75) is 23.7 Å². The van der Waals surface area contributed by atoms with E-state index in [1.165, 1.54) is 31.2 Å². The van der Waals surface area contributed by atoms with Gasteiger partial charge in [-0.25, -0.2) is 4.79 Å². The molecule has 0 heterocycles. The molecule has 0 spiro atoms. The summed E-state index contributed by atoms with van der Waals surface area (Å²) in [5, 5.41) is 0. The van der Waals surface area contributed by atoms with Gasteiger partial charge >= 0.3 is 5.97 Å². The third-order valence-corrected chi connectivity index (χ3v) is 3.75. The standard InChI is InChI=1S/C17H14F2O3S/c1-11(15(20)12-5-3-2-4-6-12)22-16(21)13-7-9-14(10-8-13)23-17(18)19/h2-11,17H,1H3. The lowest BCUT2D eigenvalue weighted by Crippen LogP contribution is -2.24. The molecule has 23 heavy (non-hydrogen) atoms. The van der Waals surface area contributed by atoms with Crippen LogP contribution in [-0.2, 0) is 4.74 Å². The Hall–Kier alpha value is -2.21. The number of alkyl halides is 2. The number of hydrogen-bond donors (Lipinski definition) is 0. The van der Waals surface area contributed by atoms with Crippen molar-refractivity contribution in [3.63, 3.8) is 0 Å². The van der Waals surface area contributed by atoms with Crippen molar-refractivity contribution in [2.75, 3.05) is 0 Å². The number of Topliss-reactive ketones (excluding diaryl/α,β-unsaturated/α-hetero) is 1. The smallest absolute Gasteiger partial charge is 0.338 e. The predicted octanol–water partition coefficient (Wildman–Crippen LogP) is 4.43. The van der Waals surface area contributed by atoms with E-state index in [0.717, 1.165) is 0 Å². The molecular formula is C17H14F2O3S. The van der Waals surface area contributed by atoms with E-state index >= 15 is 0 Å². The molecule has 0 aliphatic rings. The first-order valence-electron chi connectivity index (χ1n) is 6.82. The summed E-state index contributed by atoms with van der Waals surface area (Å²) < 4.78 is 29.6. The number of rotatable bonds is 6. The first-order chi connectivity index (χ1) is 11.0. The zero-order valence-corrected chi connectivity index (χ0v) is 13.1. The fraction of sp³-hybridized carbons (Fsp3) is 0.176. The first kappa shape index (κ1) is 17.1. The number of ketones is 1. The van der Waals surface area contributed by atoms with Crippen molar-refractivity contribution in [2.24, 2.45) is 0 Å². The zero-order chi connectivity index (χ0) is 16.8. The fourth-order valence-corrected chi connectivity index (χ4v) is 2.39. The molecule has 0 N–H and O–H groups in total. The van der Waals surface area contributed by atoms with Gasteiger partial charge in [0.2, 0.25) is 5.78 Å². The molecule has 0 bridgehead atoms. The second kappa shape index (κ2) is 7.87. The van der Waals surface area contributed by atoms with Gasteiger partial charge < -0.3 is 4.74 Å². The molecule has 1 unspecified atom stereocenters. The number of thioether (sulfide) groups is 1. The minimum absolute atomic E-state index is 0.205. The highest BCUT2D eigenvalue weighted by atomic mass is 32.2. The van der Waals surface area contributed by atoms with Crippen LogP contribution in [0.25, 0.3) is 0 Å². The van der Waals surface area contributed by atoms with E-state index in [1.54, 1.807) is 30.3 Å². The second-order valence-electron chi connectivity index (χ2n) is 4.68. The molecule has 2 rings (SSSR count). The molecular weight excluding hydrogens is 322 g/mol. The SMILES string of the molecule is CC(OC(=O)c1ccc(SC(F)F)cc1)C(=O)c1ccccc1. The van der Waals surface area contributed by atoms with Gasteiger partial charge in [0, 0.05) is 10.5 Å². The molecule has 0 fully saturated rings. The first-order valence-corrected chi connectivity index (χ1v) is 7.70. The van der Waals surface area contributed by atoms with Crippen molar-refractivity contribution in [3.05, 3.63) is 65.7 Å². The van der Waals surface area contributed by atoms with Crippen LogP contribution in [0.5, 0.6) is 0 Å². The van der Waals surface area contributed by atoms with E-state index in [-0.39, 0.29) is 11.3 Å². The Morgan fingerprint density at radius 3 is 2.13 bits per heavy atom. The normalized spacial score (nSPS) is 12.0. The van der Waals surface area contributed by atoms with Crippen LogP contribution in [0.3, 0.4) is 0 Å². The Morgan fingerprint density at radius 1 is 0.957 bits per heavy atom. The minimum atomic E-state index is -2.52. The van der Waals surface area contributed by atoms with Gasteiger partial charge in [0.25, 0.3) is 5.76 Å². The average Bonchev–Trinajstić information content (AvgIpc) is 2.55. The average molecular weight is 336 g/mol. The molecule has 2 aromatic carbocycles. The number of carbonyl (C=O) groups is 2.